The van der Waals surface area contributed by atoms with Crippen LogP contribution in [0.25, 0.3) is 0 Å². The number of halogens is 2. The van der Waals surface area contributed by atoms with Crippen molar-refractivity contribution in [3.63, 3.8) is 0 Å². The summed E-state index contributed by atoms with van der Waals surface area (Å²) in [6, 6.07) is 29.4. The first kappa shape index (κ1) is 31.0. The second kappa shape index (κ2) is 14.8. The fourth-order valence-corrected chi connectivity index (χ4v) is 6.42. The predicted octanol–water partition coefficient (Wildman–Crippen LogP) is 5.99. The van der Waals surface area contributed by atoms with Crippen molar-refractivity contribution in [2.45, 2.75) is 24.2 Å². The van der Waals surface area contributed by atoms with Gasteiger partial charge in [0, 0.05) is 50.0 Å². The number of piperazine rings is 1. The Morgan fingerprint density at radius 2 is 1.49 bits per heavy atom. The molecule has 4 aromatic rings. The Balaban J connectivity index is 1.06. The van der Waals surface area contributed by atoms with E-state index in [-0.39, 0.29) is 10.7 Å². The molecule has 1 N–H and O–H groups in total. The number of ether oxygens (including phenoxy) is 1. The number of rotatable bonds is 13. The Morgan fingerprint density at radius 3 is 2.23 bits per heavy atom. The molecule has 1 aliphatic heterocycles. The third kappa shape index (κ3) is 9.03. The second-order valence-corrected chi connectivity index (χ2v) is 12.9. The average molecular weight is 622 g/mol. The molecule has 0 spiro atoms. The molecule has 0 amide bonds. The molecule has 1 saturated heterocycles. The van der Waals surface area contributed by atoms with Crippen molar-refractivity contribution in [2.75, 3.05) is 50.8 Å². The van der Waals surface area contributed by atoms with Crippen molar-refractivity contribution in [1.29, 1.82) is 0 Å². The molecule has 6 nitrogen and oxygen atoms in total. The number of hydrogen-bond acceptors (Lipinski definition) is 5. The van der Waals surface area contributed by atoms with Crippen molar-refractivity contribution >= 4 is 27.3 Å². The predicted molar refractivity (Wildman–Crippen MR) is 171 cm³/mol. The van der Waals surface area contributed by atoms with E-state index in [0.29, 0.717) is 24.6 Å². The van der Waals surface area contributed by atoms with Gasteiger partial charge in [-0.15, -0.1) is 0 Å². The first-order valence-corrected chi connectivity index (χ1v) is 16.5. The minimum absolute atomic E-state index is 0.205. The minimum Gasteiger partial charge on any atom is -0.492 e. The van der Waals surface area contributed by atoms with Gasteiger partial charge in [-0.1, -0.05) is 54.1 Å². The zero-order valence-corrected chi connectivity index (χ0v) is 25.7. The number of hydrogen-bond donors (Lipinski definition) is 1. The van der Waals surface area contributed by atoms with E-state index in [1.54, 1.807) is 12.1 Å². The first-order chi connectivity index (χ1) is 20.9. The van der Waals surface area contributed by atoms with Crippen molar-refractivity contribution < 1.29 is 17.5 Å². The molecular formula is C34H37ClFN3O3S. The highest BCUT2D eigenvalue weighted by Crippen LogP contribution is 2.22. The van der Waals surface area contributed by atoms with Gasteiger partial charge in [0.05, 0.1) is 4.90 Å². The number of nitrogens with one attached hydrogen (secondary N) is 1. The molecule has 9 heteroatoms. The van der Waals surface area contributed by atoms with Crippen LogP contribution in [0.15, 0.2) is 102 Å². The van der Waals surface area contributed by atoms with Gasteiger partial charge in [0.1, 0.15) is 18.2 Å². The lowest BCUT2D eigenvalue weighted by Gasteiger charge is -2.36. The zero-order chi connectivity index (χ0) is 30.1. The summed E-state index contributed by atoms with van der Waals surface area (Å²) < 4.78 is 47.3. The molecule has 0 radical (unpaired) electrons. The van der Waals surface area contributed by atoms with Crippen molar-refractivity contribution in [3.8, 4) is 5.75 Å². The van der Waals surface area contributed by atoms with E-state index >= 15 is 0 Å². The minimum atomic E-state index is -3.58. The lowest BCUT2D eigenvalue weighted by Crippen LogP contribution is -2.47. The molecule has 0 bridgehead atoms. The van der Waals surface area contributed by atoms with Crippen molar-refractivity contribution in [2.24, 2.45) is 0 Å². The lowest BCUT2D eigenvalue weighted by molar-refractivity contribution is 0.200. The Hall–Kier alpha value is -3.43. The Morgan fingerprint density at radius 1 is 0.791 bits per heavy atom. The number of aryl methyl sites for hydroxylation is 2. The molecule has 5 rings (SSSR count). The Labute approximate surface area is 259 Å². The number of sulfonamides is 1. The number of nitrogens with zero attached hydrogens (tertiary/aromatic N) is 2. The molecule has 4 aromatic carbocycles. The van der Waals surface area contributed by atoms with Gasteiger partial charge in [-0.25, -0.2) is 17.5 Å². The van der Waals surface area contributed by atoms with E-state index in [4.69, 9.17) is 16.3 Å². The van der Waals surface area contributed by atoms with Crippen LogP contribution in [0.5, 0.6) is 5.75 Å². The van der Waals surface area contributed by atoms with Crippen molar-refractivity contribution in [3.05, 3.63) is 125 Å². The molecule has 226 valence electrons. The zero-order valence-electron chi connectivity index (χ0n) is 24.1. The van der Waals surface area contributed by atoms with Gasteiger partial charge in [0.25, 0.3) is 0 Å². The quantitative estimate of drug-likeness (QED) is 0.199. The number of para-hydroxylation sites is 1. The standard InChI is InChI=1S/C34H37ClFN3O3S/c35-30-10-16-33(17-11-30)43(40,41)37-19-18-28-5-3-4-27(26-28)8-9-29-6-1-2-7-34(29)42-25-24-38-20-22-39(23-21-38)32-14-12-31(36)13-15-32/h1-7,10-17,26,37H,8-9,18-25H2. The van der Waals surface area contributed by atoms with Gasteiger partial charge < -0.3 is 9.64 Å². The second-order valence-electron chi connectivity index (χ2n) is 10.7. The number of benzene rings is 4. The normalized spacial score (nSPS) is 14.1. The lowest BCUT2D eigenvalue weighted by atomic mass is 10.0. The largest absolute Gasteiger partial charge is 0.492 e. The van der Waals surface area contributed by atoms with Crippen LogP contribution in [0.1, 0.15) is 16.7 Å². The van der Waals surface area contributed by atoms with E-state index in [1.807, 2.05) is 42.5 Å². The molecule has 0 unspecified atom stereocenters. The van der Waals surface area contributed by atoms with Gasteiger partial charge >= 0.3 is 0 Å². The molecule has 1 aliphatic rings. The van der Waals surface area contributed by atoms with E-state index < -0.39 is 10.0 Å². The molecule has 0 atom stereocenters. The van der Waals surface area contributed by atoms with E-state index in [0.717, 1.165) is 62.6 Å². The third-order valence-corrected chi connectivity index (χ3v) is 9.43. The summed E-state index contributed by atoms with van der Waals surface area (Å²) >= 11 is 5.88. The van der Waals surface area contributed by atoms with Crippen LogP contribution in [0.4, 0.5) is 10.1 Å². The van der Waals surface area contributed by atoms with Crippen LogP contribution in [0, 0.1) is 5.82 Å². The third-order valence-electron chi connectivity index (χ3n) is 7.71. The van der Waals surface area contributed by atoms with Crippen molar-refractivity contribution in [1.82, 2.24) is 9.62 Å². The van der Waals surface area contributed by atoms with Crippen LogP contribution < -0.4 is 14.4 Å². The molecule has 1 fully saturated rings. The van der Waals surface area contributed by atoms with Gasteiger partial charge in [0.2, 0.25) is 10.0 Å². The highest BCUT2D eigenvalue weighted by Gasteiger charge is 2.17. The summed E-state index contributed by atoms with van der Waals surface area (Å²) in [5, 5.41) is 0.500. The first-order valence-electron chi connectivity index (χ1n) is 14.6. The fourth-order valence-electron chi connectivity index (χ4n) is 5.26. The van der Waals surface area contributed by atoms with E-state index in [9.17, 15) is 12.8 Å². The average Bonchev–Trinajstić information content (AvgIpc) is 3.02. The molecule has 43 heavy (non-hydrogen) atoms. The van der Waals surface area contributed by atoms with Gasteiger partial charge in [0.15, 0.2) is 0 Å². The Kier molecular flexibility index (Phi) is 10.7. The van der Waals surface area contributed by atoms with Crippen LogP contribution in [-0.2, 0) is 29.3 Å². The maximum atomic E-state index is 13.2. The summed E-state index contributed by atoms with van der Waals surface area (Å²) in [7, 11) is -3.58. The van der Waals surface area contributed by atoms with Crippen LogP contribution in [0.2, 0.25) is 5.02 Å². The summed E-state index contributed by atoms with van der Waals surface area (Å²) in [5.41, 5.74) is 4.52. The van der Waals surface area contributed by atoms with E-state index in [2.05, 4.69) is 32.7 Å². The van der Waals surface area contributed by atoms with Crippen LogP contribution >= 0.6 is 11.6 Å². The fraction of sp³-hybridized carbons (Fsp3) is 0.294. The summed E-state index contributed by atoms with van der Waals surface area (Å²) in [6.45, 7) is 5.50. The van der Waals surface area contributed by atoms with Gasteiger partial charge in [-0.05, 0) is 90.6 Å². The van der Waals surface area contributed by atoms with Crippen LogP contribution in [0.3, 0.4) is 0 Å². The molecule has 1 heterocycles. The van der Waals surface area contributed by atoms with E-state index in [1.165, 1.54) is 35.4 Å². The van der Waals surface area contributed by atoms with Crippen LogP contribution in [-0.4, -0.2) is 59.2 Å². The highest BCUT2D eigenvalue weighted by molar-refractivity contribution is 7.89. The summed E-state index contributed by atoms with van der Waals surface area (Å²) in [4.78, 5) is 4.90. The Bertz CT molecular complexity index is 1580. The monoisotopic (exact) mass is 621 g/mol. The maximum Gasteiger partial charge on any atom is 0.240 e. The summed E-state index contributed by atoms with van der Waals surface area (Å²) in [6.07, 6.45) is 2.30. The smallest absolute Gasteiger partial charge is 0.240 e. The number of anilines is 1. The molecule has 0 aliphatic carbocycles. The topological polar surface area (TPSA) is 61.9 Å². The molecular weight excluding hydrogens is 585 g/mol. The van der Waals surface area contributed by atoms with Gasteiger partial charge in [-0.3, -0.25) is 4.90 Å². The molecule has 0 saturated carbocycles. The van der Waals surface area contributed by atoms with Gasteiger partial charge in [-0.2, -0.15) is 0 Å². The summed E-state index contributed by atoms with van der Waals surface area (Å²) in [5.74, 6) is 0.711. The molecule has 0 aromatic heterocycles. The highest BCUT2D eigenvalue weighted by atomic mass is 35.5. The SMILES string of the molecule is O=S(=O)(NCCc1cccc(CCc2ccccc2OCCN2CCN(c3ccc(F)cc3)CC2)c1)c1ccc(Cl)cc1. The maximum absolute atomic E-state index is 13.2.